The summed E-state index contributed by atoms with van der Waals surface area (Å²) in [6.07, 6.45) is 3.07. The van der Waals surface area contributed by atoms with Crippen LogP contribution in [0.1, 0.15) is 12.7 Å². The Kier molecular flexibility index (Phi) is 4.06. The number of nitrogens with one attached hydrogen (secondary N) is 2. The second kappa shape index (κ2) is 5.75. The van der Waals surface area contributed by atoms with E-state index >= 15 is 0 Å². The molecule has 0 fully saturated rings. The normalized spacial score (nSPS) is 11.2. The van der Waals surface area contributed by atoms with Gasteiger partial charge >= 0.3 is 0 Å². The molecule has 0 aromatic carbocycles. The molecule has 2 aromatic heterocycles. The van der Waals surface area contributed by atoms with E-state index in [9.17, 15) is 8.42 Å². The standard InChI is InChI=1S/C12H15N3O3S/c1-2-19(16,17)15-10-5-6-12(13-8-10)14-9-11-4-3-7-18-11/h3-8,15H,2,9H2,1H3,(H,13,14). The van der Waals surface area contributed by atoms with Gasteiger partial charge in [-0.15, -0.1) is 0 Å². The van der Waals surface area contributed by atoms with Gasteiger partial charge in [-0.3, -0.25) is 4.72 Å². The van der Waals surface area contributed by atoms with Gasteiger partial charge < -0.3 is 9.73 Å². The lowest BCUT2D eigenvalue weighted by Crippen LogP contribution is -2.14. The second-order valence-electron chi connectivity index (χ2n) is 3.87. The predicted molar refractivity (Wildman–Crippen MR) is 73.4 cm³/mol. The number of aromatic nitrogens is 1. The van der Waals surface area contributed by atoms with E-state index in [4.69, 9.17) is 4.42 Å². The Hall–Kier alpha value is -2.02. The van der Waals surface area contributed by atoms with Crippen LogP contribution in [0.4, 0.5) is 11.5 Å². The van der Waals surface area contributed by atoms with Gasteiger partial charge in [-0.05, 0) is 31.2 Å². The summed E-state index contributed by atoms with van der Waals surface area (Å²) in [6, 6.07) is 7.03. The van der Waals surface area contributed by atoms with Gasteiger partial charge in [0.25, 0.3) is 0 Å². The van der Waals surface area contributed by atoms with Crippen LogP contribution in [-0.2, 0) is 16.6 Å². The first-order valence-electron chi connectivity index (χ1n) is 5.82. The number of nitrogens with zero attached hydrogens (tertiary/aromatic N) is 1. The van der Waals surface area contributed by atoms with Crippen molar-refractivity contribution in [3.05, 3.63) is 42.5 Å². The zero-order chi connectivity index (χ0) is 13.7. The van der Waals surface area contributed by atoms with Gasteiger partial charge in [0.2, 0.25) is 10.0 Å². The molecule has 2 aromatic rings. The summed E-state index contributed by atoms with van der Waals surface area (Å²) in [4.78, 5) is 4.12. The molecular formula is C12H15N3O3S. The Bertz CT molecular complexity index is 606. The summed E-state index contributed by atoms with van der Waals surface area (Å²) in [5.74, 6) is 1.49. The first-order chi connectivity index (χ1) is 9.09. The van der Waals surface area contributed by atoms with Gasteiger partial charge in [0.1, 0.15) is 11.6 Å². The Balaban J connectivity index is 1.95. The van der Waals surface area contributed by atoms with Crippen molar-refractivity contribution in [2.75, 3.05) is 15.8 Å². The molecule has 102 valence electrons. The molecule has 0 amide bonds. The molecule has 0 atom stereocenters. The number of anilines is 2. The van der Waals surface area contributed by atoms with Crippen LogP contribution >= 0.6 is 0 Å². The van der Waals surface area contributed by atoms with E-state index in [-0.39, 0.29) is 5.75 Å². The van der Waals surface area contributed by atoms with Gasteiger partial charge in [0.05, 0.1) is 30.4 Å². The summed E-state index contributed by atoms with van der Waals surface area (Å²) >= 11 is 0. The molecule has 0 saturated heterocycles. The fraction of sp³-hybridized carbons (Fsp3) is 0.250. The SMILES string of the molecule is CCS(=O)(=O)Nc1ccc(NCc2ccco2)nc1. The molecule has 0 aliphatic carbocycles. The number of sulfonamides is 1. The average Bonchev–Trinajstić information content (AvgIpc) is 2.91. The summed E-state index contributed by atoms with van der Waals surface area (Å²) in [7, 11) is -3.26. The van der Waals surface area contributed by atoms with E-state index in [1.807, 2.05) is 12.1 Å². The molecule has 0 aliphatic heterocycles. The molecule has 0 saturated carbocycles. The van der Waals surface area contributed by atoms with Crippen molar-refractivity contribution < 1.29 is 12.8 Å². The number of rotatable bonds is 6. The van der Waals surface area contributed by atoms with Crippen LogP contribution in [0.3, 0.4) is 0 Å². The Morgan fingerprint density at radius 3 is 2.74 bits per heavy atom. The molecule has 7 heteroatoms. The van der Waals surface area contributed by atoms with Gasteiger partial charge in [-0.2, -0.15) is 0 Å². The van der Waals surface area contributed by atoms with E-state index in [2.05, 4.69) is 15.0 Å². The Labute approximate surface area is 111 Å². The monoisotopic (exact) mass is 281 g/mol. The van der Waals surface area contributed by atoms with Crippen molar-refractivity contribution in [2.45, 2.75) is 13.5 Å². The van der Waals surface area contributed by atoms with E-state index in [1.165, 1.54) is 6.20 Å². The van der Waals surface area contributed by atoms with Crippen LogP contribution in [0.25, 0.3) is 0 Å². The zero-order valence-electron chi connectivity index (χ0n) is 10.5. The molecule has 19 heavy (non-hydrogen) atoms. The molecule has 6 nitrogen and oxygen atoms in total. The minimum Gasteiger partial charge on any atom is -0.467 e. The molecule has 2 N–H and O–H groups in total. The third-order valence-corrected chi connectivity index (χ3v) is 3.75. The highest BCUT2D eigenvalue weighted by Crippen LogP contribution is 2.12. The van der Waals surface area contributed by atoms with E-state index in [0.29, 0.717) is 18.1 Å². The summed E-state index contributed by atoms with van der Waals surface area (Å²) in [6.45, 7) is 2.11. The smallest absolute Gasteiger partial charge is 0.232 e. The zero-order valence-corrected chi connectivity index (χ0v) is 11.3. The lowest BCUT2D eigenvalue weighted by atomic mass is 10.4. The molecule has 0 aliphatic rings. The average molecular weight is 281 g/mol. The minimum atomic E-state index is -3.26. The van der Waals surface area contributed by atoms with Gasteiger partial charge in [-0.25, -0.2) is 13.4 Å². The second-order valence-corrected chi connectivity index (χ2v) is 5.88. The van der Waals surface area contributed by atoms with E-state index in [1.54, 1.807) is 25.3 Å². The first-order valence-corrected chi connectivity index (χ1v) is 7.47. The van der Waals surface area contributed by atoms with Crippen LogP contribution in [0.5, 0.6) is 0 Å². The molecule has 0 spiro atoms. The molecular weight excluding hydrogens is 266 g/mol. The predicted octanol–water partition coefficient (Wildman–Crippen LogP) is 2.05. The maximum atomic E-state index is 11.4. The molecule has 2 rings (SSSR count). The van der Waals surface area contributed by atoms with Crippen LogP contribution in [0, 0.1) is 0 Å². The maximum absolute atomic E-state index is 11.4. The largest absolute Gasteiger partial charge is 0.467 e. The first kappa shape index (κ1) is 13.4. The van der Waals surface area contributed by atoms with Crippen LogP contribution in [-0.4, -0.2) is 19.2 Å². The fourth-order valence-corrected chi connectivity index (χ4v) is 2.03. The highest BCUT2D eigenvalue weighted by molar-refractivity contribution is 7.92. The highest BCUT2D eigenvalue weighted by Gasteiger charge is 2.06. The summed E-state index contributed by atoms with van der Waals surface area (Å²) in [5, 5.41) is 3.07. The van der Waals surface area contributed by atoms with Crippen molar-refractivity contribution in [2.24, 2.45) is 0 Å². The van der Waals surface area contributed by atoms with E-state index < -0.39 is 10.0 Å². The number of pyridine rings is 1. The van der Waals surface area contributed by atoms with Crippen molar-refractivity contribution in [1.29, 1.82) is 0 Å². The van der Waals surface area contributed by atoms with Crippen molar-refractivity contribution in [3.63, 3.8) is 0 Å². The molecule has 2 heterocycles. The fourth-order valence-electron chi connectivity index (χ4n) is 1.40. The third kappa shape index (κ3) is 3.99. The van der Waals surface area contributed by atoms with Gasteiger partial charge in [-0.1, -0.05) is 0 Å². The molecule has 0 radical (unpaired) electrons. The van der Waals surface area contributed by atoms with Gasteiger partial charge in [0, 0.05) is 0 Å². The number of furan rings is 1. The number of hydrogen-bond donors (Lipinski definition) is 2. The topological polar surface area (TPSA) is 84.2 Å². The summed E-state index contributed by atoms with van der Waals surface area (Å²) in [5.41, 5.74) is 0.449. The summed E-state index contributed by atoms with van der Waals surface area (Å²) < 4.78 is 30.3. The maximum Gasteiger partial charge on any atom is 0.232 e. The van der Waals surface area contributed by atoms with E-state index in [0.717, 1.165) is 5.76 Å². The van der Waals surface area contributed by atoms with Crippen molar-refractivity contribution in [1.82, 2.24) is 4.98 Å². The minimum absolute atomic E-state index is 0.0332. The molecule has 0 unspecified atom stereocenters. The number of hydrogen-bond acceptors (Lipinski definition) is 5. The lowest BCUT2D eigenvalue weighted by molar-refractivity contribution is 0.518. The Morgan fingerprint density at radius 1 is 1.32 bits per heavy atom. The quantitative estimate of drug-likeness (QED) is 0.846. The molecule has 0 bridgehead atoms. The van der Waals surface area contributed by atoms with Crippen molar-refractivity contribution >= 4 is 21.5 Å². The van der Waals surface area contributed by atoms with Crippen LogP contribution < -0.4 is 10.0 Å². The third-order valence-electron chi connectivity index (χ3n) is 2.44. The van der Waals surface area contributed by atoms with Crippen LogP contribution in [0.2, 0.25) is 0 Å². The Morgan fingerprint density at radius 2 is 2.16 bits per heavy atom. The highest BCUT2D eigenvalue weighted by atomic mass is 32.2. The van der Waals surface area contributed by atoms with Gasteiger partial charge in [0.15, 0.2) is 0 Å². The lowest BCUT2D eigenvalue weighted by Gasteiger charge is -2.07. The van der Waals surface area contributed by atoms with Crippen molar-refractivity contribution in [3.8, 4) is 0 Å². The van der Waals surface area contributed by atoms with Crippen LogP contribution in [0.15, 0.2) is 41.1 Å².